The third kappa shape index (κ3) is 3.81. The van der Waals surface area contributed by atoms with Crippen molar-refractivity contribution in [3.63, 3.8) is 0 Å². The number of amides is 2. The van der Waals surface area contributed by atoms with Crippen molar-refractivity contribution in [2.75, 3.05) is 23.8 Å². The maximum absolute atomic E-state index is 12.2. The molecule has 7 heteroatoms. The molecule has 0 unspecified atom stereocenters. The molecule has 25 heavy (non-hydrogen) atoms. The molecule has 0 aliphatic carbocycles. The quantitative estimate of drug-likeness (QED) is 0.692. The van der Waals surface area contributed by atoms with E-state index in [0.717, 1.165) is 16.3 Å². The number of para-hydroxylation sites is 2. The molecule has 2 aromatic carbocycles. The Bertz CT molecular complexity index is 834. The summed E-state index contributed by atoms with van der Waals surface area (Å²) >= 11 is 5.89. The van der Waals surface area contributed by atoms with E-state index in [2.05, 4.69) is 10.6 Å². The molecule has 0 fully saturated rings. The van der Waals surface area contributed by atoms with E-state index in [4.69, 9.17) is 16.7 Å². The fourth-order valence-corrected chi connectivity index (χ4v) is 2.57. The van der Waals surface area contributed by atoms with Crippen LogP contribution in [0.5, 0.6) is 0 Å². The Labute approximate surface area is 149 Å². The van der Waals surface area contributed by atoms with Gasteiger partial charge in [0.1, 0.15) is 5.70 Å². The standard InChI is InChI=1S/C18H16ClN3O3/c19-12-5-7-13(8-6-12)20-14-3-1-2-4-15(14)21-16-11-17(24)22(9-10-23)18(16)25/h1-8,11,20-21,23H,9-10H2. The molecule has 0 atom stereocenters. The van der Waals surface area contributed by atoms with E-state index in [1.165, 1.54) is 6.08 Å². The van der Waals surface area contributed by atoms with Gasteiger partial charge in [0.2, 0.25) is 0 Å². The highest BCUT2D eigenvalue weighted by molar-refractivity contribution is 6.30. The molecule has 3 N–H and O–H groups in total. The smallest absolute Gasteiger partial charge is 0.277 e. The van der Waals surface area contributed by atoms with E-state index >= 15 is 0 Å². The van der Waals surface area contributed by atoms with E-state index in [-0.39, 0.29) is 18.8 Å². The fraction of sp³-hybridized carbons (Fsp3) is 0.111. The largest absolute Gasteiger partial charge is 0.395 e. The number of hydrogen-bond donors (Lipinski definition) is 3. The number of β-amino-alcohol motifs (C(OH)–C–C–N with tert-alkyl or cyclic N) is 1. The van der Waals surface area contributed by atoms with E-state index < -0.39 is 11.8 Å². The van der Waals surface area contributed by atoms with Gasteiger partial charge in [-0.15, -0.1) is 0 Å². The van der Waals surface area contributed by atoms with Crippen LogP contribution in [0.4, 0.5) is 17.1 Å². The van der Waals surface area contributed by atoms with Gasteiger partial charge in [-0.2, -0.15) is 0 Å². The van der Waals surface area contributed by atoms with Crippen molar-refractivity contribution in [3.8, 4) is 0 Å². The van der Waals surface area contributed by atoms with Crippen LogP contribution in [0.1, 0.15) is 0 Å². The van der Waals surface area contributed by atoms with Gasteiger partial charge in [-0.25, -0.2) is 0 Å². The first-order chi connectivity index (χ1) is 12.1. The Hall–Kier alpha value is -2.83. The molecule has 6 nitrogen and oxygen atoms in total. The highest BCUT2D eigenvalue weighted by Crippen LogP contribution is 2.28. The van der Waals surface area contributed by atoms with Gasteiger partial charge in [-0.05, 0) is 36.4 Å². The van der Waals surface area contributed by atoms with Gasteiger partial charge >= 0.3 is 0 Å². The van der Waals surface area contributed by atoms with Crippen LogP contribution in [-0.2, 0) is 9.59 Å². The maximum atomic E-state index is 12.2. The number of anilines is 3. The number of hydrogen-bond acceptors (Lipinski definition) is 5. The molecule has 0 bridgehead atoms. The lowest BCUT2D eigenvalue weighted by Gasteiger charge is -2.16. The average Bonchev–Trinajstić information content (AvgIpc) is 2.86. The van der Waals surface area contributed by atoms with Crippen molar-refractivity contribution in [1.29, 1.82) is 0 Å². The molecular weight excluding hydrogens is 342 g/mol. The zero-order valence-corrected chi connectivity index (χ0v) is 14.0. The number of nitrogens with zero attached hydrogens (tertiary/aromatic N) is 1. The van der Waals surface area contributed by atoms with Crippen LogP contribution in [0.25, 0.3) is 0 Å². The molecule has 0 saturated carbocycles. The number of carbonyl (C=O) groups is 2. The first kappa shape index (κ1) is 17.0. The van der Waals surface area contributed by atoms with Crippen molar-refractivity contribution in [1.82, 2.24) is 4.90 Å². The molecule has 0 radical (unpaired) electrons. The SMILES string of the molecule is O=C1C=C(Nc2ccccc2Nc2ccc(Cl)cc2)C(=O)N1CCO. The van der Waals surface area contributed by atoms with Crippen molar-refractivity contribution < 1.29 is 14.7 Å². The number of carbonyl (C=O) groups excluding carboxylic acids is 2. The lowest BCUT2D eigenvalue weighted by molar-refractivity contribution is -0.137. The summed E-state index contributed by atoms with van der Waals surface area (Å²) in [6, 6.07) is 14.6. The molecule has 1 aliphatic heterocycles. The second kappa shape index (κ2) is 7.38. The molecule has 1 heterocycles. The van der Waals surface area contributed by atoms with Crippen molar-refractivity contribution >= 4 is 40.5 Å². The minimum Gasteiger partial charge on any atom is -0.395 e. The zero-order chi connectivity index (χ0) is 17.8. The third-order valence-electron chi connectivity index (χ3n) is 3.65. The Balaban J connectivity index is 1.80. The van der Waals surface area contributed by atoms with Crippen LogP contribution < -0.4 is 10.6 Å². The molecule has 128 valence electrons. The summed E-state index contributed by atoms with van der Waals surface area (Å²) in [6.07, 6.45) is 1.23. The van der Waals surface area contributed by atoms with Gasteiger partial charge in [0.05, 0.1) is 24.5 Å². The summed E-state index contributed by atoms with van der Waals surface area (Å²) < 4.78 is 0. The normalized spacial score (nSPS) is 13.8. The lowest BCUT2D eigenvalue weighted by atomic mass is 10.2. The summed E-state index contributed by atoms with van der Waals surface area (Å²) in [6.45, 7) is -0.294. The predicted octanol–water partition coefficient (Wildman–Crippen LogP) is 2.74. The Morgan fingerprint density at radius 3 is 2.24 bits per heavy atom. The van der Waals surface area contributed by atoms with Gasteiger partial charge in [-0.3, -0.25) is 14.5 Å². The average molecular weight is 358 g/mol. The van der Waals surface area contributed by atoms with Crippen LogP contribution in [0.3, 0.4) is 0 Å². The summed E-state index contributed by atoms with van der Waals surface area (Å²) in [5.41, 5.74) is 2.40. The Morgan fingerprint density at radius 1 is 0.960 bits per heavy atom. The number of rotatable bonds is 6. The third-order valence-corrected chi connectivity index (χ3v) is 3.90. The van der Waals surface area contributed by atoms with Crippen LogP contribution in [-0.4, -0.2) is 35.0 Å². The number of nitrogens with one attached hydrogen (secondary N) is 2. The van der Waals surface area contributed by atoms with Gasteiger partial charge in [-0.1, -0.05) is 23.7 Å². The Kier molecular flexibility index (Phi) is 5.02. The minimum atomic E-state index is -0.458. The van der Waals surface area contributed by atoms with Gasteiger partial charge in [0, 0.05) is 16.8 Å². The molecule has 2 aromatic rings. The van der Waals surface area contributed by atoms with Gasteiger partial charge in [0.25, 0.3) is 11.8 Å². The van der Waals surface area contributed by atoms with Crippen LogP contribution in [0.15, 0.2) is 60.3 Å². The van der Waals surface area contributed by atoms with Crippen molar-refractivity contribution in [2.24, 2.45) is 0 Å². The summed E-state index contributed by atoms with van der Waals surface area (Å²) in [4.78, 5) is 25.1. The van der Waals surface area contributed by atoms with E-state index in [1.54, 1.807) is 18.2 Å². The van der Waals surface area contributed by atoms with Crippen LogP contribution in [0.2, 0.25) is 5.02 Å². The number of aliphatic hydroxyl groups is 1. The molecule has 2 amide bonds. The van der Waals surface area contributed by atoms with Gasteiger partial charge in [0.15, 0.2) is 0 Å². The number of benzene rings is 2. The second-order valence-corrected chi connectivity index (χ2v) is 5.82. The van der Waals surface area contributed by atoms with Crippen molar-refractivity contribution in [2.45, 2.75) is 0 Å². The summed E-state index contributed by atoms with van der Waals surface area (Å²) in [7, 11) is 0. The molecule has 3 rings (SSSR count). The fourth-order valence-electron chi connectivity index (χ4n) is 2.44. The Morgan fingerprint density at radius 2 is 1.60 bits per heavy atom. The first-order valence-electron chi connectivity index (χ1n) is 7.65. The highest BCUT2D eigenvalue weighted by atomic mass is 35.5. The highest BCUT2D eigenvalue weighted by Gasteiger charge is 2.30. The first-order valence-corrected chi connectivity index (χ1v) is 8.03. The molecular formula is C18H16ClN3O3. The summed E-state index contributed by atoms with van der Waals surface area (Å²) in [5.74, 6) is -0.898. The predicted molar refractivity (Wildman–Crippen MR) is 96.7 cm³/mol. The topological polar surface area (TPSA) is 81.7 Å². The van der Waals surface area contributed by atoms with Crippen LogP contribution in [0, 0.1) is 0 Å². The zero-order valence-electron chi connectivity index (χ0n) is 13.2. The van der Waals surface area contributed by atoms with Gasteiger partial charge < -0.3 is 15.7 Å². The van der Waals surface area contributed by atoms with Crippen molar-refractivity contribution in [3.05, 3.63) is 65.3 Å². The number of imide groups is 1. The number of aliphatic hydroxyl groups excluding tert-OH is 1. The lowest BCUT2D eigenvalue weighted by Crippen LogP contribution is -2.34. The molecule has 0 saturated heterocycles. The summed E-state index contributed by atoms with van der Waals surface area (Å²) in [5, 5.41) is 15.8. The van der Waals surface area contributed by atoms with E-state index in [1.807, 2.05) is 30.3 Å². The molecule has 1 aliphatic rings. The van der Waals surface area contributed by atoms with E-state index in [9.17, 15) is 9.59 Å². The monoisotopic (exact) mass is 357 g/mol. The van der Waals surface area contributed by atoms with Crippen LogP contribution >= 0.6 is 11.6 Å². The number of halogens is 1. The minimum absolute atomic E-state index is 0.0238. The molecule has 0 spiro atoms. The molecule has 0 aromatic heterocycles. The maximum Gasteiger partial charge on any atom is 0.277 e. The van der Waals surface area contributed by atoms with E-state index in [0.29, 0.717) is 10.7 Å². The second-order valence-electron chi connectivity index (χ2n) is 5.38.